The minimum absolute atomic E-state index is 0.00313. The minimum atomic E-state index is -1.93. The molecule has 0 unspecified atom stereocenters. The van der Waals surface area contributed by atoms with Crippen molar-refractivity contribution in [3.8, 4) is 0 Å². The molecule has 0 aliphatic heterocycles. The van der Waals surface area contributed by atoms with Gasteiger partial charge in [0.05, 0.1) is 12.5 Å². The van der Waals surface area contributed by atoms with Gasteiger partial charge < -0.3 is 9.53 Å². The number of carboxylic acid groups (broad SMARTS) is 1. The summed E-state index contributed by atoms with van der Waals surface area (Å²) in [4.78, 5) is 10.8. The average molecular weight is 256 g/mol. The van der Waals surface area contributed by atoms with Gasteiger partial charge in [-0.25, -0.2) is 0 Å². The highest BCUT2D eigenvalue weighted by Crippen LogP contribution is 2.37. The second-order valence-electron chi connectivity index (χ2n) is 5.64. The van der Waals surface area contributed by atoms with Crippen molar-refractivity contribution in [2.45, 2.75) is 51.4 Å². The van der Waals surface area contributed by atoms with Gasteiger partial charge in [0.2, 0.25) is 0 Å². The van der Waals surface area contributed by atoms with E-state index < -0.39 is 14.3 Å². The quantitative estimate of drug-likeness (QED) is 0.583. The zero-order chi connectivity index (χ0) is 13.7. The summed E-state index contributed by atoms with van der Waals surface area (Å²) in [5, 5.41) is 8.93. The maximum Gasteiger partial charge on any atom is 0.306 e. The van der Waals surface area contributed by atoms with E-state index >= 15 is 0 Å². The van der Waals surface area contributed by atoms with E-state index in [0.717, 1.165) is 0 Å². The Balaban J connectivity index is 4.79. The first kappa shape index (κ1) is 16.1. The van der Waals surface area contributed by atoms with Gasteiger partial charge in [-0.1, -0.05) is 45.6 Å². The maximum absolute atomic E-state index is 10.8. The second-order valence-corrected chi connectivity index (χ2v) is 10.4. The number of aliphatic carboxylic acids is 1. The molecule has 0 aromatic heterocycles. The van der Waals surface area contributed by atoms with E-state index in [2.05, 4.69) is 40.4 Å². The van der Waals surface area contributed by atoms with E-state index in [0.29, 0.717) is 0 Å². The molecule has 0 aromatic carbocycles. The van der Waals surface area contributed by atoms with Gasteiger partial charge in [-0.05, 0) is 18.1 Å². The molecule has 4 heteroatoms. The lowest BCUT2D eigenvalue weighted by Crippen LogP contribution is -2.44. The van der Waals surface area contributed by atoms with E-state index in [1.54, 1.807) is 18.2 Å². The van der Waals surface area contributed by atoms with E-state index in [1.807, 2.05) is 0 Å². The SMILES string of the molecule is C=C/C=C/[C@H](CC(=O)O)O[Si](C)(C)C(C)(C)C. The molecule has 1 N–H and O–H groups in total. The van der Waals surface area contributed by atoms with Crippen molar-refractivity contribution in [2.75, 3.05) is 0 Å². The van der Waals surface area contributed by atoms with Crippen molar-refractivity contribution in [2.24, 2.45) is 0 Å². The first-order valence-corrected chi connectivity index (χ1v) is 8.70. The third-order valence-electron chi connectivity index (χ3n) is 3.09. The van der Waals surface area contributed by atoms with Gasteiger partial charge in [-0.15, -0.1) is 0 Å². The number of hydrogen-bond donors (Lipinski definition) is 1. The van der Waals surface area contributed by atoms with Crippen LogP contribution in [0.25, 0.3) is 0 Å². The van der Waals surface area contributed by atoms with Gasteiger partial charge in [0.25, 0.3) is 0 Å². The van der Waals surface area contributed by atoms with Crippen molar-refractivity contribution in [1.82, 2.24) is 0 Å². The van der Waals surface area contributed by atoms with Crippen molar-refractivity contribution >= 4 is 14.3 Å². The molecule has 0 rings (SSSR count). The lowest BCUT2D eigenvalue weighted by molar-refractivity contribution is -0.138. The number of rotatable bonds is 6. The Hall–Kier alpha value is -0.873. The lowest BCUT2D eigenvalue weighted by atomic mass is 10.2. The number of allylic oxidation sites excluding steroid dienone is 2. The third-order valence-corrected chi connectivity index (χ3v) is 7.59. The van der Waals surface area contributed by atoms with Crippen LogP contribution in [-0.2, 0) is 9.22 Å². The Kier molecular flexibility index (Phi) is 5.85. The summed E-state index contributed by atoms with van der Waals surface area (Å²) in [5.74, 6) is -0.845. The molecule has 0 radical (unpaired) electrons. The van der Waals surface area contributed by atoms with Gasteiger partial charge in [0, 0.05) is 0 Å². The van der Waals surface area contributed by atoms with Crippen LogP contribution in [0.4, 0.5) is 0 Å². The molecule has 0 aliphatic rings. The molecule has 0 fully saturated rings. The van der Waals surface area contributed by atoms with Crippen molar-refractivity contribution in [3.05, 3.63) is 24.8 Å². The van der Waals surface area contributed by atoms with E-state index in [-0.39, 0.29) is 17.6 Å². The summed E-state index contributed by atoms with van der Waals surface area (Å²) in [6.45, 7) is 14.2. The summed E-state index contributed by atoms with van der Waals surface area (Å²) in [6.07, 6.45) is 4.76. The summed E-state index contributed by atoms with van der Waals surface area (Å²) in [5.41, 5.74) is 0. The average Bonchev–Trinajstić information content (AvgIpc) is 2.10. The van der Waals surface area contributed by atoms with Crippen molar-refractivity contribution in [3.63, 3.8) is 0 Å². The van der Waals surface area contributed by atoms with Gasteiger partial charge in [-0.2, -0.15) is 0 Å². The number of carboxylic acids is 1. The molecule has 0 bridgehead atoms. The Morgan fingerprint density at radius 1 is 1.47 bits per heavy atom. The molecule has 0 spiro atoms. The van der Waals surface area contributed by atoms with Crippen LogP contribution >= 0.6 is 0 Å². The Labute approximate surface area is 105 Å². The fraction of sp³-hybridized carbons (Fsp3) is 0.615. The second kappa shape index (κ2) is 6.17. The lowest BCUT2D eigenvalue weighted by Gasteiger charge is -2.38. The van der Waals surface area contributed by atoms with Gasteiger partial charge in [-0.3, -0.25) is 4.79 Å². The molecular formula is C13H24O3Si. The van der Waals surface area contributed by atoms with E-state index in [1.165, 1.54) is 0 Å². The van der Waals surface area contributed by atoms with Crippen LogP contribution in [0.15, 0.2) is 24.8 Å². The molecule has 3 nitrogen and oxygen atoms in total. The third kappa shape index (κ3) is 5.84. The first-order valence-electron chi connectivity index (χ1n) is 5.79. The van der Waals surface area contributed by atoms with Crippen LogP contribution in [0.5, 0.6) is 0 Å². The summed E-state index contributed by atoms with van der Waals surface area (Å²) >= 11 is 0. The monoisotopic (exact) mass is 256 g/mol. The topological polar surface area (TPSA) is 46.5 Å². The van der Waals surface area contributed by atoms with Crippen LogP contribution in [-0.4, -0.2) is 25.5 Å². The minimum Gasteiger partial charge on any atom is -0.481 e. The molecule has 0 heterocycles. The van der Waals surface area contributed by atoms with Gasteiger partial charge in [0.15, 0.2) is 8.32 Å². The zero-order valence-corrected chi connectivity index (χ0v) is 12.5. The van der Waals surface area contributed by atoms with Gasteiger partial charge >= 0.3 is 5.97 Å². The number of hydrogen-bond acceptors (Lipinski definition) is 2. The van der Waals surface area contributed by atoms with Crippen LogP contribution in [0.1, 0.15) is 27.2 Å². The van der Waals surface area contributed by atoms with Gasteiger partial charge in [0.1, 0.15) is 0 Å². The fourth-order valence-electron chi connectivity index (χ4n) is 1.08. The molecule has 0 saturated heterocycles. The first-order chi connectivity index (χ1) is 7.60. The molecule has 0 saturated carbocycles. The van der Waals surface area contributed by atoms with Crippen LogP contribution in [0.3, 0.4) is 0 Å². The normalized spacial score (nSPS) is 14.9. The summed E-state index contributed by atoms with van der Waals surface area (Å²) < 4.78 is 6.04. The molecule has 1 atom stereocenters. The highest BCUT2D eigenvalue weighted by atomic mass is 28.4. The van der Waals surface area contributed by atoms with E-state index in [9.17, 15) is 4.79 Å². The Morgan fingerprint density at radius 3 is 2.35 bits per heavy atom. The maximum atomic E-state index is 10.8. The van der Waals surface area contributed by atoms with Crippen LogP contribution in [0, 0.1) is 0 Å². The predicted octanol–water partition coefficient (Wildman–Crippen LogP) is 3.59. The summed E-state index contributed by atoms with van der Waals surface area (Å²) in [6, 6.07) is 0. The summed E-state index contributed by atoms with van der Waals surface area (Å²) in [7, 11) is -1.93. The molecule has 98 valence electrons. The smallest absolute Gasteiger partial charge is 0.306 e. The zero-order valence-electron chi connectivity index (χ0n) is 11.5. The standard InChI is InChI=1S/C13H24O3Si/c1-7-8-9-11(10-12(14)15)16-17(5,6)13(2,3)4/h7-9,11H,1,10H2,2-6H3,(H,14,15)/b9-8+/t11-/m1/s1. The largest absolute Gasteiger partial charge is 0.481 e. The molecule has 0 amide bonds. The van der Waals surface area contributed by atoms with Crippen molar-refractivity contribution in [1.29, 1.82) is 0 Å². The van der Waals surface area contributed by atoms with Crippen molar-refractivity contribution < 1.29 is 14.3 Å². The molecule has 17 heavy (non-hydrogen) atoms. The Morgan fingerprint density at radius 2 is 2.00 bits per heavy atom. The predicted molar refractivity (Wildman–Crippen MR) is 73.7 cm³/mol. The Bertz CT molecular complexity index is 300. The highest BCUT2D eigenvalue weighted by molar-refractivity contribution is 6.74. The molecule has 0 aliphatic carbocycles. The van der Waals surface area contributed by atoms with Crippen LogP contribution in [0.2, 0.25) is 18.1 Å². The van der Waals surface area contributed by atoms with Crippen LogP contribution < -0.4 is 0 Å². The van der Waals surface area contributed by atoms with E-state index in [4.69, 9.17) is 9.53 Å². The number of carbonyl (C=O) groups is 1. The molecule has 0 aromatic rings. The highest BCUT2D eigenvalue weighted by Gasteiger charge is 2.39. The fourth-order valence-corrected chi connectivity index (χ4v) is 2.35. The molecular weight excluding hydrogens is 232 g/mol.